The fraction of sp³-hybridized carbons (Fsp3) is 0.125. The molecule has 8 heteroatoms. The van der Waals surface area contributed by atoms with E-state index >= 15 is 0 Å². The fourth-order valence-electron chi connectivity index (χ4n) is 2.13. The Balaban J connectivity index is 1.89. The van der Waals surface area contributed by atoms with Crippen molar-refractivity contribution in [2.24, 2.45) is 0 Å². The van der Waals surface area contributed by atoms with Crippen LogP contribution in [0, 0.1) is 5.82 Å². The first-order chi connectivity index (χ1) is 11.3. The van der Waals surface area contributed by atoms with Gasteiger partial charge in [-0.2, -0.15) is 13.2 Å². The first-order valence-electron chi connectivity index (χ1n) is 6.81. The molecule has 0 amide bonds. The third-order valence-electron chi connectivity index (χ3n) is 3.27. The highest BCUT2D eigenvalue weighted by Gasteiger charge is 2.31. The summed E-state index contributed by atoms with van der Waals surface area (Å²) in [6.45, 7) is -0.193. The van der Waals surface area contributed by atoms with Gasteiger partial charge < -0.3 is 8.98 Å². The van der Waals surface area contributed by atoms with Crippen molar-refractivity contribution in [3.8, 4) is 11.5 Å². The van der Waals surface area contributed by atoms with Crippen molar-refractivity contribution in [1.29, 1.82) is 0 Å². The SMILES string of the molecule is O=c1ccc(C(F)(F)F)cn1Cc1coc(-c2cccc(F)c2)n1. The van der Waals surface area contributed by atoms with Crippen LogP contribution in [0.5, 0.6) is 0 Å². The van der Waals surface area contributed by atoms with E-state index in [0.717, 1.165) is 22.9 Å². The second kappa shape index (κ2) is 5.95. The van der Waals surface area contributed by atoms with Crippen LogP contribution in [0.15, 0.2) is 58.1 Å². The molecule has 124 valence electrons. The second-order valence-corrected chi connectivity index (χ2v) is 5.04. The molecule has 1 aromatic carbocycles. The van der Waals surface area contributed by atoms with Crippen molar-refractivity contribution >= 4 is 0 Å². The first-order valence-corrected chi connectivity index (χ1v) is 6.81. The molecule has 3 aromatic rings. The number of aromatic nitrogens is 2. The summed E-state index contributed by atoms with van der Waals surface area (Å²) < 4.78 is 57.4. The lowest BCUT2D eigenvalue weighted by atomic mass is 10.2. The van der Waals surface area contributed by atoms with E-state index in [0.29, 0.717) is 5.56 Å². The number of alkyl halides is 3. The molecule has 4 nitrogen and oxygen atoms in total. The van der Waals surface area contributed by atoms with Gasteiger partial charge in [0.15, 0.2) is 0 Å². The Morgan fingerprint density at radius 1 is 1.17 bits per heavy atom. The van der Waals surface area contributed by atoms with Crippen LogP contribution in [0.1, 0.15) is 11.3 Å². The van der Waals surface area contributed by atoms with Crippen LogP contribution in [-0.4, -0.2) is 9.55 Å². The zero-order valence-corrected chi connectivity index (χ0v) is 12.0. The van der Waals surface area contributed by atoms with Gasteiger partial charge in [0.05, 0.1) is 17.8 Å². The van der Waals surface area contributed by atoms with Crippen LogP contribution in [-0.2, 0) is 12.7 Å². The maximum absolute atomic E-state index is 13.2. The second-order valence-electron chi connectivity index (χ2n) is 5.04. The number of hydrogen-bond donors (Lipinski definition) is 0. The fourth-order valence-corrected chi connectivity index (χ4v) is 2.13. The lowest BCUT2D eigenvalue weighted by Gasteiger charge is -2.09. The van der Waals surface area contributed by atoms with Crippen molar-refractivity contribution in [1.82, 2.24) is 9.55 Å². The first kappa shape index (κ1) is 16.0. The van der Waals surface area contributed by atoms with Crippen molar-refractivity contribution < 1.29 is 22.0 Å². The van der Waals surface area contributed by atoms with Crippen LogP contribution < -0.4 is 5.56 Å². The normalized spacial score (nSPS) is 11.7. The van der Waals surface area contributed by atoms with E-state index in [-0.39, 0.29) is 18.1 Å². The van der Waals surface area contributed by atoms with Gasteiger partial charge in [0.1, 0.15) is 12.1 Å². The molecular formula is C16H10F4N2O2. The zero-order valence-electron chi connectivity index (χ0n) is 12.0. The minimum atomic E-state index is -4.55. The summed E-state index contributed by atoms with van der Waals surface area (Å²) in [5, 5.41) is 0. The van der Waals surface area contributed by atoms with Gasteiger partial charge >= 0.3 is 6.18 Å². The van der Waals surface area contributed by atoms with Crippen molar-refractivity contribution in [3.05, 3.63) is 76.3 Å². The monoisotopic (exact) mass is 338 g/mol. The van der Waals surface area contributed by atoms with Gasteiger partial charge in [0.2, 0.25) is 5.89 Å². The molecule has 2 aromatic heterocycles. The highest BCUT2D eigenvalue weighted by atomic mass is 19.4. The number of halogens is 4. The van der Waals surface area contributed by atoms with E-state index in [9.17, 15) is 22.4 Å². The van der Waals surface area contributed by atoms with Gasteiger partial charge in [-0.05, 0) is 24.3 Å². The molecular weight excluding hydrogens is 328 g/mol. The smallest absolute Gasteiger partial charge is 0.417 e. The number of rotatable bonds is 3. The summed E-state index contributed by atoms with van der Waals surface area (Å²) in [5.41, 5.74) is -0.900. The predicted molar refractivity (Wildman–Crippen MR) is 76.7 cm³/mol. The summed E-state index contributed by atoms with van der Waals surface area (Å²) in [7, 11) is 0. The highest BCUT2D eigenvalue weighted by Crippen LogP contribution is 2.28. The molecule has 0 radical (unpaired) electrons. The Hall–Kier alpha value is -2.90. The van der Waals surface area contributed by atoms with Crippen molar-refractivity contribution in [3.63, 3.8) is 0 Å². The van der Waals surface area contributed by atoms with Gasteiger partial charge in [-0.3, -0.25) is 4.79 Å². The van der Waals surface area contributed by atoms with Crippen LogP contribution in [0.25, 0.3) is 11.5 Å². The number of pyridine rings is 1. The summed E-state index contributed by atoms with van der Waals surface area (Å²) in [6.07, 6.45) is -2.61. The Morgan fingerprint density at radius 2 is 1.96 bits per heavy atom. The minimum Gasteiger partial charge on any atom is -0.444 e. The molecule has 0 N–H and O–H groups in total. The Bertz CT molecular complexity index is 928. The van der Waals surface area contributed by atoms with E-state index in [1.165, 1.54) is 24.5 Å². The number of oxazole rings is 1. The molecule has 0 unspecified atom stereocenters. The topological polar surface area (TPSA) is 48.0 Å². The lowest BCUT2D eigenvalue weighted by molar-refractivity contribution is -0.138. The maximum Gasteiger partial charge on any atom is 0.417 e. The predicted octanol–water partition coefficient (Wildman–Crippen LogP) is 3.71. The summed E-state index contributed by atoms with van der Waals surface area (Å²) >= 11 is 0. The molecule has 0 saturated heterocycles. The number of benzene rings is 1. The van der Waals surface area contributed by atoms with Gasteiger partial charge in [0.25, 0.3) is 5.56 Å². The average Bonchev–Trinajstić information content (AvgIpc) is 2.97. The summed E-state index contributed by atoms with van der Waals surface area (Å²) in [6, 6.07) is 7.10. The standard InChI is InChI=1S/C16H10F4N2O2/c17-12-3-1-2-10(6-12)15-21-13(9-24-15)8-22-7-11(16(18,19)20)4-5-14(22)23/h1-7,9H,8H2. The Labute approximate surface area is 133 Å². The highest BCUT2D eigenvalue weighted by molar-refractivity contribution is 5.52. The van der Waals surface area contributed by atoms with E-state index in [2.05, 4.69) is 4.98 Å². The van der Waals surface area contributed by atoms with E-state index in [4.69, 9.17) is 4.42 Å². The Morgan fingerprint density at radius 3 is 2.67 bits per heavy atom. The molecule has 0 aliphatic carbocycles. The molecule has 0 saturated carbocycles. The molecule has 3 rings (SSSR count). The van der Waals surface area contributed by atoms with Crippen LogP contribution in [0.4, 0.5) is 17.6 Å². The van der Waals surface area contributed by atoms with Crippen LogP contribution >= 0.6 is 0 Å². The largest absolute Gasteiger partial charge is 0.444 e. The van der Waals surface area contributed by atoms with Crippen LogP contribution in [0.2, 0.25) is 0 Å². The van der Waals surface area contributed by atoms with Gasteiger partial charge in [-0.1, -0.05) is 6.07 Å². The molecule has 0 bridgehead atoms. The molecule has 0 aliphatic heterocycles. The van der Waals surface area contributed by atoms with E-state index in [1.807, 2.05) is 0 Å². The van der Waals surface area contributed by atoms with Gasteiger partial charge in [-0.15, -0.1) is 0 Å². The van der Waals surface area contributed by atoms with Gasteiger partial charge in [0, 0.05) is 17.8 Å². The third-order valence-corrected chi connectivity index (χ3v) is 3.27. The molecule has 0 atom stereocenters. The third kappa shape index (κ3) is 3.37. The van der Waals surface area contributed by atoms with Crippen LogP contribution in [0.3, 0.4) is 0 Å². The van der Waals surface area contributed by atoms with Gasteiger partial charge in [-0.25, -0.2) is 9.37 Å². The average molecular weight is 338 g/mol. The minimum absolute atomic E-state index is 0.115. The quantitative estimate of drug-likeness (QED) is 0.684. The Kier molecular flexibility index (Phi) is 3.96. The lowest BCUT2D eigenvalue weighted by Crippen LogP contribution is -2.22. The summed E-state index contributed by atoms with van der Waals surface area (Å²) in [5.74, 6) is -0.356. The molecule has 0 spiro atoms. The number of hydrogen-bond acceptors (Lipinski definition) is 3. The zero-order chi connectivity index (χ0) is 17.3. The summed E-state index contributed by atoms with van der Waals surface area (Å²) in [4.78, 5) is 15.8. The molecule has 24 heavy (non-hydrogen) atoms. The van der Waals surface area contributed by atoms with E-state index in [1.54, 1.807) is 6.07 Å². The van der Waals surface area contributed by atoms with Crippen molar-refractivity contribution in [2.45, 2.75) is 12.7 Å². The van der Waals surface area contributed by atoms with Crippen molar-refractivity contribution in [2.75, 3.05) is 0 Å². The molecule has 2 heterocycles. The molecule has 0 fully saturated rings. The number of nitrogens with zero attached hydrogens (tertiary/aromatic N) is 2. The molecule has 0 aliphatic rings. The van der Waals surface area contributed by atoms with E-state index < -0.39 is 23.1 Å². The maximum atomic E-state index is 13.2.